The van der Waals surface area contributed by atoms with Crippen LogP contribution in [0.2, 0.25) is 0 Å². The van der Waals surface area contributed by atoms with E-state index < -0.39 is 5.41 Å². The third-order valence-electron chi connectivity index (χ3n) is 4.77. The predicted octanol–water partition coefficient (Wildman–Crippen LogP) is 4.13. The van der Waals surface area contributed by atoms with Gasteiger partial charge in [-0.3, -0.25) is 10.1 Å². The van der Waals surface area contributed by atoms with Crippen molar-refractivity contribution in [3.8, 4) is 17.7 Å². The van der Waals surface area contributed by atoms with Gasteiger partial charge in [0, 0.05) is 6.04 Å². The lowest BCUT2D eigenvalue weighted by molar-refractivity contribution is -0.108. The number of carbonyl (C=O) groups is 1. The molecule has 140 valence electrons. The molecule has 0 aliphatic carbocycles. The highest BCUT2D eigenvalue weighted by Crippen LogP contribution is 2.33. The summed E-state index contributed by atoms with van der Waals surface area (Å²) in [7, 11) is 1.66. The van der Waals surface area contributed by atoms with Crippen LogP contribution in [0.15, 0.2) is 84.9 Å². The zero-order valence-corrected chi connectivity index (χ0v) is 15.9. The van der Waals surface area contributed by atoms with Gasteiger partial charge >= 0.3 is 0 Å². The van der Waals surface area contributed by atoms with Gasteiger partial charge in [0.2, 0.25) is 6.41 Å². The SMILES string of the molecule is COc1ccc(C(C#CNC=O)(Cc2ccccc2)Cc2ccccc2)cc1. The third-order valence-corrected chi connectivity index (χ3v) is 4.77. The molecule has 0 saturated heterocycles. The van der Waals surface area contributed by atoms with Crippen LogP contribution in [0.3, 0.4) is 0 Å². The molecule has 0 bridgehead atoms. The second-order valence-corrected chi connectivity index (χ2v) is 6.65. The van der Waals surface area contributed by atoms with Gasteiger partial charge < -0.3 is 4.74 Å². The van der Waals surface area contributed by atoms with Crippen molar-refractivity contribution in [1.82, 2.24) is 5.32 Å². The number of methoxy groups -OCH3 is 1. The van der Waals surface area contributed by atoms with E-state index in [0.717, 1.165) is 24.2 Å². The lowest BCUT2D eigenvalue weighted by Crippen LogP contribution is -2.31. The molecular weight excluding hydrogens is 346 g/mol. The third kappa shape index (κ3) is 4.81. The van der Waals surface area contributed by atoms with Crippen molar-refractivity contribution >= 4 is 6.41 Å². The summed E-state index contributed by atoms with van der Waals surface area (Å²) >= 11 is 0. The van der Waals surface area contributed by atoms with Crippen LogP contribution in [-0.2, 0) is 23.1 Å². The summed E-state index contributed by atoms with van der Waals surface area (Å²) in [6.45, 7) is 0. The Morgan fingerprint density at radius 3 is 1.86 bits per heavy atom. The maximum atomic E-state index is 10.8. The molecular formula is C25H23NO2. The molecule has 3 heteroatoms. The Kier molecular flexibility index (Phi) is 6.49. The van der Waals surface area contributed by atoms with Crippen LogP contribution in [0.5, 0.6) is 5.75 Å². The zero-order valence-electron chi connectivity index (χ0n) is 15.9. The van der Waals surface area contributed by atoms with E-state index in [-0.39, 0.29) is 0 Å². The van der Waals surface area contributed by atoms with Crippen LogP contribution in [-0.4, -0.2) is 13.5 Å². The first-order valence-electron chi connectivity index (χ1n) is 9.19. The molecule has 3 rings (SSSR count). The monoisotopic (exact) mass is 369 g/mol. The lowest BCUT2D eigenvalue weighted by atomic mass is 9.72. The second kappa shape index (κ2) is 9.43. The second-order valence-electron chi connectivity index (χ2n) is 6.65. The summed E-state index contributed by atoms with van der Waals surface area (Å²) in [6, 6.07) is 31.5. The molecule has 0 atom stereocenters. The van der Waals surface area contributed by atoms with Crippen LogP contribution in [0.4, 0.5) is 0 Å². The first-order chi connectivity index (χ1) is 13.8. The standard InChI is InChI=1S/C25H23NO2/c1-28-24-14-12-23(13-15-24)25(16-17-26-20-27,18-21-8-4-2-5-9-21)19-22-10-6-3-7-11-22/h2-15,20H,18-19H2,1H3,(H,26,27). The summed E-state index contributed by atoms with van der Waals surface area (Å²) in [4.78, 5) is 10.8. The van der Waals surface area contributed by atoms with E-state index in [2.05, 4.69) is 53.7 Å². The van der Waals surface area contributed by atoms with Crippen molar-refractivity contribution in [2.45, 2.75) is 18.3 Å². The maximum absolute atomic E-state index is 10.8. The van der Waals surface area contributed by atoms with Gasteiger partial charge in [0.15, 0.2) is 0 Å². The van der Waals surface area contributed by atoms with Crippen LogP contribution < -0.4 is 10.1 Å². The first kappa shape index (κ1) is 19.3. The average Bonchev–Trinajstić information content (AvgIpc) is 2.75. The number of ether oxygens (including phenoxy) is 1. The van der Waals surface area contributed by atoms with Crippen molar-refractivity contribution in [2.75, 3.05) is 7.11 Å². The molecule has 0 unspecified atom stereocenters. The van der Waals surface area contributed by atoms with Gasteiger partial charge in [-0.1, -0.05) is 78.7 Å². The van der Waals surface area contributed by atoms with Gasteiger partial charge in [-0.05, 0) is 41.7 Å². The Morgan fingerprint density at radius 1 is 0.857 bits per heavy atom. The van der Waals surface area contributed by atoms with Crippen molar-refractivity contribution in [2.24, 2.45) is 0 Å². The topological polar surface area (TPSA) is 38.3 Å². The fourth-order valence-electron chi connectivity index (χ4n) is 3.41. The average molecular weight is 369 g/mol. The molecule has 0 aliphatic heterocycles. The quantitative estimate of drug-likeness (QED) is 0.386. The van der Waals surface area contributed by atoms with E-state index in [0.29, 0.717) is 6.41 Å². The van der Waals surface area contributed by atoms with Crippen molar-refractivity contribution in [1.29, 1.82) is 0 Å². The Morgan fingerprint density at radius 2 is 1.39 bits per heavy atom. The highest BCUT2D eigenvalue weighted by atomic mass is 16.5. The van der Waals surface area contributed by atoms with Gasteiger partial charge in [-0.2, -0.15) is 0 Å². The normalized spacial score (nSPS) is 10.5. The van der Waals surface area contributed by atoms with Crippen LogP contribution in [0.25, 0.3) is 0 Å². The molecule has 0 aromatic heterocycles. The predicted molar refractivity (Wildman–Crippen MR) is 112 cm³/mol. The maximum Gasteiger partial charge on any atom is 0.218 e. The Balaban J connectivity index is 2.11. The number of nitrogens with one attached hydrogen (secondary N) is 1. The fourth-order valence-corrected chi connectivity index (χ4v) is 3.41. The Labute approximate surface area is 166 Å². The number of carbonyl (C=O) groups excluding carboxylic acids is 1. The molecule has 1 N–H and O–H groups in total. The Hall–Kier alpha value is -3.51. The molecule has 0 radical (unpaired) electrons. The number of hydrogen-bond acceptors (Lipinski definition) is 2. The van der Waals surface area contributed by atoms with E-state index in [1.54, 1.807) is 7.11 Å². The molecule has 3 nitrogen and oxygen atoms in total. The minimum atomic E-state index is -0.495. The molecule has 28 heavy (non-hydrogen) atoms. The molecule has 0 saturated carbocycles. The Bertz CT molecular complexity index is 897. The van der Waals surface area contributed by atoms with Gasteiger partial charge in [-0.25, -0.2) is 0 Å². The number of rotatable bonds is 7. The summed E-state index contributed by atoms with van der Waals surface area (Å²) in [5.74, 6) is 4.15. The summed E-state index contributed by atoms with van der Waals surface area (Å²) in [5, 5.41) is 2.50. The van der Waals surface area contributed by atoms with Crippen molar-refractivity contribution in [3.05, 3.63) is 102 Å². The highest BCUT2D eigenvalue weighted by Gasteiger charge is 2.31. The van der Waals surface area contributed by atoms with E-state index in [4.69, 9.17) is 4.74 Å². The van der Waals surface area contributed by atoms with Gasteiger partial charge in [0.05, 0.1) is 12.5 Å². The smallest absolute Gasteiger partial charge is 0.218 e. The summed E-state index contributed by atoms with van der Waals surface area (Å²) in [6.07, 6.45) is 2.06. The molecule has 3 aromatic carbocycles. The summed E-state index contributed by atoms with van der Waals surface area (Å²) in [5.41, 5.74) is 2.97. The van der Waals surface area contributed by atoms with Crippen LogP contribution in [0.1, 0.15) is 16.7 Å². The van der Waals surface area contributed by atoms with E-state index in [9.17, 15) is 4.79 Å². The lowest BCUT2D eigenvalue weighted by Gasteiger charge is -2.30. The number of amides is 1. The molecule has 0 fully saturated rings. The molecule has 0 spiro atoms. The molecule has 1 amide bonds. The van der Waals surface area contributed by atoms with Gasteiger partial charge in [0.25, 0.3) is 0 Å². The highest BCUT2D eigenvalue weighted by molar-refractivity contribution is 5.51. The van der Waals surface area contributed by atoms with E-state index >= 15 is 0 Å². The summed E-state index contributed by atoms with van der Waals surface area (Å²) < 4.78 is 5.32. The largest absolute Gasteiger partial charge is 0.497 e. The minimum absolute atomic E-state index is 0.495. The van der Waals surface area contributed by atoms with Crippen LogP contribution in [0, 0.1) is 12.0 Å². The van der Waals surface area contributed by atoms with E-state index in [1.807, 2.05) is 48.5 Å². The zero-order chi connectivity index (χ0) is 19.7. The molecule has 0 heterocycles. The van der Waals surface area contributed by atoms with Crippen molar-refractivity contribution in [3.63, 3.8) is 0 Å². The minimum Gasteiger partial charge on any atom is -0.497 e. The van der Waals surface area contributed by atoms with Crippen molar-refractivity contribution < 1.29 is 9.53 Å². The first-order valence-corrected chi connectivity index (χ1v) is 9.19. The van der Waals surface area contributed by atoms with Gasteiger partial charge in [-0.15, -0.1) is 0 Å². The van der Waals surface area contributed by atoms with Gasteiger partial charge in [0.1, 0.15) is 5.75 Å². The van der Waals surface area contributed by atoms with E-state index in [1.165, 1.54) is 11.1 Å². The van der Waals surface area contributed by atoms with Crippen LogP contribution >= 0.6 is 0 Å². The molecule has 0 aliphatic rings. The molecule has 3 aromatic rings. The number of hydrogen-bond donors (Lipinski definition) is 1. The number of benzene rings is 3. The fraction of sp³-hybridized carbons (Fsp3) is 0.160.